The molecule has 0 saturated carbocycles. The van der Waals surface area contributed by atoms with Gasteiger partial charge in [0.05, 0.1) is 18.6 Å². The van der Waals surface area contributed by atoms with E-state index < -0.39 is 0 Å². The van der Waals surface area contributed by atoms with Crippen LogP contribution >= 0.6 is 0 Å². The highest BCUT2D eigenvalue weighted by Crippen LogP contribution is 2.23. The van der Waals surface area contributed by atoms with Crippen LogP contribution in [-0.2, 0) is 17.8 Å². The van der Waals surface area contributed by atoms with Crippen LogP contribution in [0, 0.1) is 17.7 Å². The first-order valence-corrected chi connectivity index (χ1v) is 9.80. The zero-order valence-corrected chi connectivity index (χ0v) is 16.1. The molecule has 4 rings (SSSR count). The van der Waals surface area contributed by atoms with Gasteiger partial charge in [0.2, 0.25) is 5.91 Å². The fourth-order valence-electron chi connectivity index (χ4n) is 4.48. The van der Waals surface area contributed by atoms with Gasteiger partial charge in [0.1, 0.15) is 5.82 Å². The molecule has 2 atom stereocenters. The summed E-state index contributed by atoms with van der Waals surface area (Å²) < 4.78 is 15.2. The molecule has 1 amide bonds. The van der Waals surface area contributed by atoms with E-state index >= 15 is 0 Å². The normalized spacial score (nSPS) is 23.3. The van der Waals surface area contributed by atoms with Crippen molar-refractivity contribution in [1.82, 2.24) is 19.4 Å². The van der Waals surface area contributed by atoms with Crippen molar-refractivity contribution in [3.63, 3.8) is 0 Å². The van der Waals surface area contributed by atoms with Crippen molar-refractivity contribution in [3.05, 3.63) is 47.8 Å². The average Bonchev–Trinajstić information content (AvgIpc) is 3.05. The monoisotopic (exact) mass is 370 g/mol. The summed E-state index contributed by atoms with van der Waals surface area (Å²) in [4.78, 5) is 21.5. The summed E-state index contributed by atoms with van der Waals surface area (Å²) in [5.74, 6) is 1.16. The molecule has 0 aliphatic carbocycles. The van der Waals surface area contributed by atoms with Gasteiger partial charge >= 0.3 is 0 Å². The number of aromatic nitrogens is 2. The summed E-state index contributed by atoms with van der Waals surface area (Å²) in [6.45, 7) is 8.19. The summed E-state index contributed by atoms with van der Waals surface area (Å²) in [7, 11) is 0. The van der Waals surface area contributed by atoms with Gasteiger partial charge in [-0.2, -0.15) is 0 Å². The minimum Gasteiger partial charge on any atom is -0.341 e. The van der Waals surface area contributed by atoms with Crippen molar-refractivity contribution in [1.29, 1.82) is 0 Å². The molecular formula is C21H27FN4O. The third-order valence-corrected chi connectivity index (χ3v) is 5.68. The Kier molecular flexibility index (Phi) is 5.00. The lowest BCUT2D eigenvalue weighted by Crippen LogP contribution is -2.47. The maximum atomic E-state index is 13.2. The standard InChI is InChI=1S/C21H27FN4O/c1-15-9-16(2)11-25(10-15)21(27)13-24-8-7-20-19(12-24)23-14-26(20)18-5-3-17(22)4-6-18/h3-6,14-16H,7-13H2,1-2H3/t15-,16+. The van der Waals surface area contributed by atoms with Crippen molar-refractivity contribution < 1.29 is 9.18 Å². The van der Waals surface area contributed by atoms with E-state index in [4.69, 9.17) is 0 Å². The first-order chi connectivity index (χ1) is 13.0. The van der Waals surface area contributed by atoms with Gasteiger partial charge in [0.15, 0.2) is 0 Å². The molecule has 1 aromatic carbocycles. The predicted molar refractivity (Wildman–Crippen MR) is 102 cm³/mol. The van der Waals surface area contributed by atoms with Crippen LogP contribution in [0.25, 0.3) is 5.69 Å². The lowest BCUT2D eigenvalue weighted by atomic mass is 9.92. The molecule has 2 aliphatic heterocycles. The van der Waals surface area contributed by atoms with E-state index in [-0.39, 0.29) is 11.7 Å². The molecule has 1 fully saturated rings. The lowest BCUT2D eigenvalue weighted by Gasteiger charge is -2.36. The minimum atomic E-state index is -0.237. The van der Waals surface area contributed by atoms with E-state index in [1.165, 1.54) is 18.6 Å². The Morgan fingerprint density at radius 1 is 1.19 bits per heavy atom. The van der Waals surface area contributed by atoms with E-state index in [1.807, 2.05) is 9.47 Å². The zero-order valence-electron chi connectivity index (χ0n) is 16.1. The number of nitrogens with zero attached hydrogens (tertiary/aromatic N) is 4. The van der Waals surface area contributed by atoms with Gasteiger partial charge in [0.25, 0.3) is 0 Å². The highest BCUT2D eigenvalue weighted by Gasteiger charge is 2.28. The Morgan fingerprint density at radius 2 is 1.89 bits per heavy atom. The topological polar surface area (TPSA) is 41.4 Å². The van der Waals surface area contributed by atoms with Crippen molar-refractivity contribution in [2.75, 3.05) is 26.2 Å². The molecule has 2 aromatic rings. The average molecular weight is 370 g/mol. The molecule has 1 saturated heterocycles. The van der Waals surface area contributed by atoms with E-state index in [1.54, 1.807) is 18.5 Å². The molecule has 1 aromatic heterocycles. The minimum absolute atomic E-state index is 0.231. The predicted octanol–water partition coefficient (Wildman–Crippen LogP) is 2.87. The molecule has 0 bridgehead atoms. The first kappa shape index (κ1) is 18.2. The van der Waals surface area contributed by atoms with Crippen LogP contribution < -0.4 is 0 Å². The van der Waals surface area contributed by atoms with Crippen LogP contribution in [0.4, 0.5) is 4.39 Å². The number of rotatable bonds is 3. The summed E-state index contributed by atoms with van der Waals surface area (Å²) in [5, 5.41) is 0. The SMILES string of the molecule is C[C@@H]1C[C@H](C)CN(C(=O)CN2CCc3c(ncn3-c3ccc(F)cc3)C2)C1. The number of hydrogen-bond acceptors (Lipinski definition) is 3. The van der Waals surface area contributed by atoms with Crippen LogP contribution in [0.2, 0.25) is 0 Å². The summed E-state index contributed by atoms with van der Waals surface area (Å²) in [6.07, 6.45) is 3.85. The van der Waals surface area contributed by atoms with E-state index in [2.05, 4.69) is 23.7 Å². The summed E-state index contributed by atoms with van der Waals surface area (Å²) >= 11 is 0. The third kappa shape index (κ3) is 3.90. The smallest absolute Gasteiger partial charge is 0.236 e. The molecular weight excluding hydrogens is 343 g/mol. The van der Waals surface area contributed by atoms with Crippen LogP contribution in [0.15, 0.2) is 30.6 Å². The number of carbonyl (C=O) groups is 1. The first-order valence-electron chi connectivity index (χ1n) is 9.80. The molecule has 6 heteroatoms. The van der Waals surface area contributed by atoms with Gasteiger partial charge in [-0.15, -0.1) is 0 Å². The molecule has 5 nitrogen and oxygen atoms in total. The van der Waals surface area contributed by atoms with Gasteiger partial charge in [-0.25, -0.2) is 9.37 Å². The number of hydrogen-bond donors (Lipinski definition) is 0. The number of halogens is 1. The van der Waals surface area contributed by atoms with E-state index in [0.29, 0.717) is 24.9 Å². The highest BCUT2D eigenvalue weighted by atomic mass is 19.1. The van der Waals surface area contributed by atoms with Crippen LogP contribution in [0.3, 0.4) is 0 Å². The molecule has 0 unspecified atom stereocenters. The van der Waals surface area contributed by atoms with Crippen molar-refractivity contribution in [2.45, 2.75) is 33.2 Å². The van der Waals surface area contributed by atoms with Crippen LogP contribution in [0.1, 0.15) is 31.7 Å². The molecule has 27 heavy (non-hydrogen) atoms. The Bertz CT molecular complexity index is 806. The third-order valence-electron chi connectivity index (χ3n) is 5.68. The van der Waals surface area contributed by atoms with Gasteiger partial charge in [-0.1, -0.05) is 13.8 Å². The number of fused-ring (bicyclic) bond motifs is 1. The maximum absolute atomic E-state index is 13.2. The number of amides is 1. The molecule has 0 N–H and O–H groups in total. The number of imidazole rings is 1. The number of carbonyl (C=O) groups excluding carboxylic acids is 1. The molecule has 144 valence electrons. The number of piperidine rings is 1. The second-order valence-electron chi connectivity index (χ2n) is 8.19. The van der Waals surface area contributed by atoms with Crippen molar-refractivity contribution >= 4 is 5.91 Å². The zero-order chi connectivity index (χ0) is 19.0. The number of benzene rings is 1. The summed E-state index contributed by atoms with van der Waals surface area (Å²) in [5.41, 5.74) is 3.09. The van der Waals surface area contributed by atoms with E-state index in [9.17, 15) is 9.18 Å². The van der Waals surface area contributed by atoms with Crippen LogP contribution in [-0.4, -0.2) is 51.4 Å². The fraction of sp³-hybridized carbons (Fsp3) is 0.524. The van der Waals surface area contributed by atoms with Gasteiger partial charge in [-0.3, -0.25) is 9.69 Å². The van der Waals surface area contributed by atoms with Gasteiger partial charge in [-0.05, 0) is 42.5 Å². The molecule has 0 spiro atoms. The highest BCUT2D eigenvalue weighted by molar-refractivity contribution is 5.78. The quantitative estimate of drug-likeness (QED) is 0.834. The van der Waals surface area contributed by atoms with E-state index in [0.717, 1.165) is 43.1 Å². The Balaban J connectivity index is 1.42. The molecule has 3 heterocycles. The molecule has 2 aliphatic rings. The Labute approximate surface area is 159 Å². The van der Waals surface area contributed by atoms with Gasteiger partial charge < -0.3 is 9.47 Å². The largest absolute Gasteiger partial charge is 0.341 e. The second-order valence-corrected chi connectivity index (χ2v) is 8.19. The Morgan fingerprint density at radius 3 is 2.59 bits per heavy atom. The van der Waals surface area contributed by atoms with Gasteiger partial charge in [0, 0.05) is 44.0 Å². The number of likely N-dealkylation sites (tertiary alicyclic amines) is 1. The maximum Gasteiger partial charge on any atom is 0.236 e. The van der Waals surface area contributed by atoms with Crippen molar-refractivity contribution in [2.24, 2.45) is 11.8 Å². The van der Waals surface area contributed by atoms with Crippen molar-refractivity contribution in [3.8, 4) is 5.69 Å². The van der Waals surface area contributed by atoms with Crippen LogP contribution in [0.5, 0.6) is 0 Å². The Hall–Kier alpha value is -2.21. The molecule has 0 radical (unpaired) electrons. The summed E-state index contributed by atoms with van der Waals surface area (Å²) in [6, 6.07) is 6.48. The second kappa shape index (κ2) is 7.43. The lowest BCUT2D eigenvalue weighted by molar-refractivity contribution is -0.135. The fourth-order valence-corrected chi connectivity index (χ4v) is 4.48.